The smallest absolute Gasteiger partial charge is 0.252 e. The van der Waals surface area contributed by atoms with E-state index in [1.165, 1.54) is 11.1 Å². The molecule has 1 fully saturated rings. The van der Waals surface area contributed by atoms with Crippen molar-refractivity contribution in [3.63, 3.8) is 0 Å². The fourth-order valence-electron chi connectivity index (χ4n) is 4.46. The Morgan fingerprint density at radius 2 is 1.53 bits per heavy atom. The Kier molecular flexibility index (Phi) is 8.41. The summed E-state index contributed by atoms with van der Waals surface area (Å²) in [5, 5.41) is 5.34. The van der Waals surface area contributed by atoms with Crippen molar-refractivity contribution in [3.05, 3.63) is 47.2 Å². The predicted molar refractivity (Wildman–Crippen MR) is 157 cm³/mol. The van der Waals surface area contributed by atoms with E-state index < -0.39 is 16.6 Å². The lowest BCUT2D eigenvalue weighted by Crippen LogP contribution is -2.44. The molecule has 0 amide bonds. The van der Waals surface area contributed by atoms with Crippen molar-refractivity contribution in [2.45, 2.75) is 116 Å². The first-order chi connectivity index (χ1) is 16.4. The van der Waals surface area contributed by atoms with Crippen LogP contribution in [0.25, 0.3) is 0 Å². The first-order valence-electron chi connectivity index (χ1n) is 13.6. The number of rotatable bonds is 8. The minimum absolute atomic E-state index is 0.149. The molecule has 1 aromatic carbocycles. The Hall–Kier alpha value is -1.42. The summed E-state index contributed by atoms with van der Waals surface area (Å²) in [7, 11) is -1.76. The molecule has 2 aromatic rings. The highest BCUT2D eigenvalue weighted by Crippen LogP contribution is 2.41. The molecule has 0 N–H and O–H groups in total. The fraction of sp³-hybridized carbons (Fsp3) is 0.690. The van der Waals surface area contributed by atoms with Gasteiger partial charge in [0.1, 0.15) is 0 Å². The van der Waals surface area contributed by atoms with Gasteiger partial charge in [0.05, 0.1) is 11.8 Å². The maximum atomic E-state index is 6.91. The number of hydrogen-bond donors (Lipinski definition) is 0. The molecule has 0 aliphatic carbocycles. The molecule has 0 spiro atoms. The standard InChI is InChI=1S/C29H51N3O2Si2/c1-22-26(30-31(8)27(22)34-36(11,12)29(5,6)7)19-24-18-25(33-35(9,10)28(2,3)4)21-32(24)20-23-16-14-13-15-17-23/h13-17,24-25H,18-21H2,1-12H3/t24-,25+/m0/s1. The molecule has 7 heteroatoms. The van der Waals surface area contributed by atoms with Crippen LogP contribution >= 0.6 is 0 Å². The van der Waals surface area contributed by atoms with E-state index in [0.29, 0.717) is 6.04 Å². The van der Waals surface area contributed by atoms with Gasteiger partial charge < -0.3 is 8.85 Å². The van der Waals surface area contributed by atoms with E-state index >= 15 is 0 Å². The van der Waals surface area contributed by atoms with Gasteiger partial charge in [-0.15, -0.1) is 0 Å². The molecule has 2 atom stereocenters. The number of aryl methyl sites for hydroxylation is 1. The third-order valence-corrected chi connectivity index (χ3v) is 17.7. The van der Waals surface area contributed by atoms with Crippen LogP contribution < -0.4 is 4.43 Å². The zero-order valence-electron chi connectivity index (χ0n) is 25.0. The van der Waals surface area contributed by atoms with Gasteiger partial charge in [0.25, 0.3) is 8.32 Å². The van der Waals surface area contributed by atoms with Gasteiger partial charge in [-0.25, -0.2) is 4.68 Å². The first-order valence-corrected chi connectivity index (χ1v) is 19.4. The van der Waals surface area contributed by atoms with E-state index in [2.05, 4.69) is 110 Å². The SMILES string of the molecule is Cc1c(C[C@@H]2C[C@@H](O[Si](C)(C)C(C)(C)C)CN2Cc2ccccc2)nn(C)c1O[Si](C)(C)C(C)(C)C. The van der Waals surface area contributed by atoms with Crippen molar-refractivity contribution in [1.29, 1.82) is 0 Å². The Morgan fingerprint density at radius 3 is 2.08 bits per heavy atom. The van der Waals surface area contributed by atoms with Crippen LogP contribution in [0.15, 0.2) is 30.3 Å². The summed E-state index contributed by atoms with van der Waals surface area (Å²) in [5.41, 5.74) is 3.70. The molecule has 1 aliphatic rings. The Labute approximate surface area is 222 Å². The van der Waals surface area contributed by atoms with Crippen molar-refractivity contribution >= 4 is 16.6 Å². The van der Waals surface area contributed by atoms with Gasteiger partial charge in [0, 0.05) is 38.2 Å². The zero-order chi connectivity index (χ0) is 27.1. The quantitative estimate of drug-likeness (QED) is 0.336. The maximum absolute atomic E-state index is 6.91. The van der Waals surface area contributed by atoms with Crippen molar-refractivity contribution in [2.75, 3.05) is 6.54 Å². The molecule has 0 saturated carbocycles. The largest absolute Gasteiger partial charge is 0.531 e. The van der Waals surface area contributed by atoms with Crippen molar-refractivity contribution in [3.8, 4) is 5.88 Å². The number of hydrogen-bond acceptors (Lipinski definition) is 4. The molecule has 1 aliphatic heterocycles. The molecular weight excluding hydrogens is 479 g/mol. The molecule has 0 radical (unpaired) electrons. The molecule has 1 aromatic heterocycles. The van der Waals surface area contributed by atoms with E-state index in [0.717, 1.165) is 37.5 Å². The van der Waals surface area contributed by atoms with Gasteiger partial charge in [0.2, 0.25) is 5.88 Å². The van der Waals surface area contributed by atoms with E-state index in [9.17, 15) is 0 Å². The minimum atomic E-state index is -1.95. The monoisotopic (exact) mass is 529 g/mol. The number of benzene rings is 1. The second kappa shape index (κ2) is 10.4. The summed E-state index contributed by atoms with van der Waals surface area (Å²) < 4.78 is 15.6. The predicted octanol–water partition coefficient (Wildman–Crippen LogP) is 7.32. The highest BCUT2D eigenvalue weighted by Gasteiger charge is 2.43. The number of nitrogens with zero attached hydrogens (tertiary/aromatic N) is 3. The van der Waals surface area contributed by atoms with Crippen LogP contribution in [0.3, 0.4) is 0 Å². The van der Waals surface area contributed by atoms with Crippen molar-refractivity contribution in [1.82, 2.24) is 14.7 Å². The van der Waals surface area contributed by atoms with Crippen LogP contribution in [0.5, 0.6) is 5.88 Å². The minimum Gasteiger partial charge on any atom is -0.531 e. The van der Waals surface area contributed by atoms with E-state index in [1.54, 1.807) is 0 Å². The molecular formula is C29H51N3O2Si2. The molecule has 202 valence electrons. The first kappa shape index (κ1) is 29.1. The summed E-state index contributed by atoms with van der Waals surface area (Å²) >= 11 is 0. The second-order valence-corrected chi connectivity index (χ2v) is 23.4. The lowest BCUT2D eigenvalue weighted by molar-refractivity contribution is 0.177. The van der Waals surface area contributed by atoms with E-state index in [-0.39, 0.29) is 16.2 Å². The third-order valence-electron chi connectivity index (χ3n) is 8.89. The van der Waals surface area contributed by atoms with Crippen LogP contribution in [-0.2, 0) is 24.4 Å². The van der Waals surface area contributed by atoms with Crippen LogP contribution in [-0.4, -0.2) is 50.0 Å². The van der Waals surface area contributed by atoms with Crippen LogP contribution in [0.4, 0.5) is 0 Å². The highest BCUT2D eigenvalue weighted by molar-refractivity contribution is 6.75. The summed E-state index contributed by atoms with van der Waals surface area (Å²) in [4.78, 5) is 2.62. The van der Waals surface area contributed by atoms with E-state index in [4.69, 9.17) is 14.0 Å². The van der Waals surface area contributed by atoms with Crippen molar-refractivity contribution < 1.29 is 8.85 Å². The zero-order valence-corrected chi connectivity index (χ0v) is 27.0. The lowest BCUT2D eigenvalue weighted by Gasteiger charge is -2.38. The van der Waals surface area contributed by atoms with Crippen molar-refractivity contribution in [2.24, 2.45) is 7.05 Å². The Balaban J connectivity index is 1.84. The Bertz CT molecular complexity index is 1020. The average Bonchev–Trinajstić information content (AvgIpc) is 3.21. The number of likely N-dealkylation sites (tertiary alicyclic amines) is 1. The van der Waals surface area contributed by atoms with Gasteiger partial charge in [-0.1, -0.05) is 71.9 Å². The average molecular weight is 530 g/mol. The molecule has 3 rings (SSSR count). The summed E-state index contributed by atoms with van der Waals surface area (Å²) in [5.74, 6) is 0.943. The van der Waals surface area contributed by atoms with Gasteiger partial charge in [-0.3, -0.25) is 4.90 Å². The summed E-state index contributed by atoms with van der Waals surface area (Å²) in [6, 6.07) is 11.2. The normalized spacial score (nSPS) is 20.2. The topological polar surface area (TPSA) is 39.5 Å². The molecule has 0 unspecified atom stereocenters. The maximum Gasteiger partial charge on any atom is 0.252 e. The molecule has 2 heterocycles. The molecule has 0 bridgehead atoms. The lowest BCUT2D eigenvalue weighted by atomic mass is 10.1. The van der Waals surface area contributed by atoms with Gasteiger partial charge >= 0.3 is 0 Å². The van der Waals surface area contributed by atoms with Crippen LogP contribution in [0.1, 0.15) is 64.8 Å². The molecule has 5 nitrogen and oxygen atoms in total. The Morgan fingerprint density at radius 1 is 0.944 bits per heavy atom. The van der Waals surface area contributed by atoms with Crippen LogP contribution in [0, 0.1) is 6.92 Å². The third kappa shape index (κ3) is 6.52. The fourth-order valence-corrected chi connectivity index (χ4v) is 6.90. The highest BCUT2D eigenvalue weighted by atomic mass is 28.4. The molecule has 1 saturated heterocycles. The summed E-state index contributed by atoms with van der Waals surface area (Å²) in [6.45, 7) is 27.3. The summed E-state index contributed by atoms with van der Waals surface area (Å²) in [6.07, 6.45) is 2.24. The number of aromatic nitrogens is 2. The molecule has 36 heavy (non-hydrogen) atoms. The van der Waals surface area contributed by atoms with Gasteiger partial charge in [-0.2, -0.15) is 5.10 Å². The van der Waals surface area contributed by atoms with Gasteiger partial charge in [0.15, 0.2) is 8.32 Å². The second-order valence-electron chi connectivity index (χ2n) is 13.9. The van der Waals surface area contributed by atoms with Gasteiger partial charge in [-0.05, 0) is 55.2 Å². The van der Waals surface area contributed by atoms with Crippen LogP contribution in [0.2, 0.25) is 36.3 Å². The van der Waals surface area contributed by atoms with E-state index in [1.807, 2.05) is 11.7 Å².